The molecule has 0 aliphatic heterocycles. The van der Waals surface area contributed by atoms with E-state index in [1.165, 1.54) is 18.3 Å². The number of hydrogen-bond donors (Lipinski definition) is 1. The molecule has 0 bridgehead atoms. The number of ketones is 2. The van der Waals surface area contributed by atoms with E-state index in [4.69, 9.17) is 11.6 Å². The summed E-state index contributed by atoms with van der Waals surface area (Å²) in [4.78, 5) is 32.7. The molecule has 1 N–H and O–H groups in total. The molecule has 4 aromatic carbocycles. The smallest absolute Gasteiger partial charge is 0.263 e. The van der Waals surface area contributed by atoms with E-state index in [0.29, 0.717) is 5.69 Å². The van der Waals surface area contributed by atoms with Crippen LogP contribution < -0.4 is 9.62 Å². The van der Waals surface area contributed by atoms with Gasteiger partial charge in [0.15, 0.2) is 0 Å². The molecule has 5 aromatic rings. The molecule has 0 spiro atoms. The number of nitrogens with one attached hydrogen (secondary N) is 1. The highest BCUT2D eigenvalue weighted by atomic mass is 35.5. The van der Waals surface area contributed by atoms with Gasteiger partial charge in [-0.2, -0.15) is 0 Å². The van der Waals surface area contributed by atoms with E-state index in [2.05, 4.69) is 9.71 Å². The Morgan fingerprint density at radius 3 is 2.10 bits per heavy atom. The van der Waals surface area contributed by atoms with Gasteiger partial charge in [-0.3, -0.25) is 14.3 Å². The Morgan fingerprint density at radius 2 is 1.39 bits per heavy atom. The van der Waals surface area contributed by atoms with Gasteiger partial charge in [-0.25, -0.2) is 13.4 Å². The average molecular weight is 580 g/mol. The lowest BCUT2D eigenvalue weighted by atomic mass is 9.91. The number of fused-ring (bicyclic) bond motifs is 2. The van der Waals surface area contributed by atoms with Crippen molar-refractivity contribution in [2.75, 3.05) is 9.62 Å². The number of nitrogens with zero attached hydrogens (tertiary/aromatic N) is 2. The zero-order valence-electron chi connectivity index (χ0n) is 21.5. The molecule has 1 aromatic heterocycles. The number of carbonyl (C=O) groups is 2. The van der Waals surface area contributed by atoms with Gasteiger partial charge in [-0.15, -0.1) is 0 Å². The van der Waals surface area contributed by atoms with Crippen LogP contribution in [0, 0.1) is 0 Å². The fraction of sp³-hybridized carbons (Fsp3) is 0.0312. The molecule has 0 unspecified atom stereocenters. The number of rotatable bonds is 7. The topological polar surface area (TPSA) is 96.4 Å². The van der Waals surface area contributed by atoms with Crippen molar-refractivity contribution in [1.29, 1.82) is 0 Å². The summed E-state index contributed by atoms with van der Waals surface area (Å²) in [7, 11) is -3.92. The fourth-order valence-corrected chi connectivity index (χ4v) is 6.12. The molecular weight excluding hydrogens is 558 g/mol. The number of sulfonamides is 1. The van der Waals surface area contributed by atoms with Crippen LogP contribution in [0.15, 0.2) is 131 Å². The zero-order valence-corrected chi connectivity index (χ0v) is 23.1. The highest BCUT2D eigenvalue weighted by Gasteiger charge is 2.35. The number of pyridine rings is 1. The van der Waals surface area contributed by atoms with Crippen LogP contribution in [0.3, 0.4) is 0 Å². The van der Waals surface area contributed by atoms with Crippen molar-refractivity contribution in [3.05, 3.63) is 143 Å². The van der Waals surface area contributed by atoms with Gasteiger partial charge in [-0.1, -0.05) is 78.3 Å². The van der Waals surface area contributed by atoms with Crippen LogP contribution in [-0.2, 0) is 16.6 Å². The highest BCUT2D eigenvalue weighted by molar-refractivity contribution is 7.92. The van der Waals surface area contributed by atoms with Crippen molar-refractivity contribution in [2.45, 2.75) is 11.4 Å². The Morgan fingerprint density at radius 1 is 0.732 bits per heavy atom. The van der Waals surface area contributed by atoms with Gasteiger partial charge in [0.2, 0.25) is 11.6 Å². The van der Waals surface area contributed by atoms with E-state index in [0.717, 1.165) is 16.3 Å². The van der Waals surface area contributed by atoms with E-state index < -0.39 is 15.8 Å². The first-order valence-corrected chi connectivity index (χ1v) is 14.6. The lowest BCUT2D eigenvalue weighted by Crippen LogP contribution is -2.33. The second kappa shape index (κ2) is 10.6. The number of allylic oxidation sites excluding steroid dienone is 2. The summed E-state index contributed by atoms with van der Waals surface area (Å²) in [5, 5.41) is 1.89. The summed E-state index contributed by atoms with van der Waals surface area (Å²) < 4.78 is 28.4. The van der Waals surface area contributed by atoms with Gasteiger partial charge in [0.05, 0.1) is 4.90 Å². The summed E-state index contributed by atoms with van der Waals surface area (Å²) in [6.45, 7) is 0.204. The molecule has 41 heavy (non-hydrogen) atoms. The molecule has 7 nitrogen and oxygen atoms in total. The van der Waals surface area contributed by atoms with E-state index in [1.54, 1.807) is 59.5 Å². The second-order valence-corrected chi connectivity index (χ2v) is 11.5. The maximum atomic E-state index is 13.8. The molecule has 202 valence electrons. The van der Waals surface area contributed by atoms with Crippen LogP contribution in [-0.4, -0.2) is 25.0 Å². The average Bonchev–Trinajstić information content (AvgIpc) is 3.00. The first kappa shape index (κ1) is 26.4. The lowest BCUT2D eigenvalue weighted by molar-refractivity contribution is 0.0978. The Hall–Kier alpha value is -4.79. The van der Waals surface area contributed by atoms with Crippen molar-refractivity contribution < 1.29 is 18.0 Å². The monoisotopic (exact) mass is 579 g/mol. The van der Waals surface area contributed by atoms with Crippen LogP contribution in [0.4, 0.5) is 11.5 Å². The number of Topliss-reactive ketones (excluding diaryl/α,β-unsaturated/α-hetero) is 2. The minimum Gasteiger partial charge on any atom is -0.332 e. The summed E-state index contributed by atoms with van der Waals surface area (Å²) in [6.07, 6.45) is 1.49. The van der Waals surface area contributed by atoms with Gasteiger partial charge < -0.3 is 4.90 Å². The van der Waals surface area contributed by atoms with Crippen LogP contribution in [0.25, 0.3) is 10.8 Å². The number of halogens is 1. The first-order valence-electron chi connectivity index (χ1n) is 12.7. The zero-order chi connectivity index (χ0) is 28.6. The number of anilines is 2. The van der Waals surface area contributed by atoms with Gasteiger partial charge in [0.25, 0.3) is 10.0 Å². The van der Waals surface area contributed by atoms with Gasteiger partial charge in [0.1, 0.15) is 16.5 Å². The highest BCUT2D eigenvalue weighted by Crippen LogP contribution is 2.35. The number of hydrogen-bond acceptors (Lipinski definition) is 6. The van der Waals surface area contributed by atoms with Crippen molar-refractivity contribution in [1.82, 2.24) is 4.98 Å². The Kier molecular flexibility index (Phi) is 6.86. The molecule has 0 saturated carbocycles. The Balaban J connectivity index is 1.42. The third-order valence-electron chi connectivity index (χ3n) is 6.83. The number of carbonyl (C=O) groups excluding carboxylic acids is 2. The van der Waals surface area contributed by atoms with E-state index >= 15 is 0 Å². The van der Waals surface area contributed by atoms with Crippen molar-refractivity contribution in [3.63, 3.8) is 0 Å². The molecule has 0 radical (unpaired) electrons. The summed E-state index contributed by atoms with van der Waals surface area (Å²) in [5.41, 5.74) is 1.90. The van der Waals surface area contributed by atoms with Gasteiger partial charge in [0, 0.05) is 29.6 Å². The number of aromatic nitrogens is 1. The first-order chi connectivity index (χ1) is 19.8. The predicted molar refractivity (Wildman–Crippen MR) is 160 cm³/mol. The summed E-state index contributed by atoms with van der Waals surface area (Å²) in [5.74, 6) is -0.643. The maximum absolute atomic E-state index is 13.8. The quantitative estimate of drug-likeness (QED) is 0.234. The molecule has 6 rings (SSSR count). The number of benzene rings is 4. The molecular formula is C32H22ClN3O4S. The normalized spacial score (nSPS) is 13.3. The molecule has 0 saturated heterocycles. The van der Waals surface area contributed by atoms with Crippen LogP contribution in [0.1, 0.15) is 26.3 Å². The molecule has 1 heterocycles. The van der Waals surface area contributed by atoms with Crippen LogP contribution >= 0.6 is 11.6 Å². The van der Waals surface area contributed by atoms with Crippen LogP contribution in [0.5, 0.6) is 0 Å². The third-order valence-corrected chi connectivity index (χ3v) is 8.55. The summed E-state index contributed by atoms with van der Waals surface area (Å²) >= 11 is 6.61. The molecule has 0 fully saturated rings. The van der Waals surface area contributed by atoms with E-state index in [9.17, 15) is 18.0 Å². The molecule has 1 aliphatic rings. The summed E-state index contributed by atoms with van der Waals surface area (Å²) in [6, 6.07) is 31.4. The van der Waals surface area contributed by atoms with Gasteiger partial charge in [-0.05, 0) is 58.8 Å². The Bertz CT molecular complexity index is 1960. The van der Waals surface area contributed by atoms with Crippen molar-refractivity contribution in [3.8, 4) is 0 Å². The standard InChI is InChI=1S/C32H22ClN3O4S/c33-29-30(32(38)27-10-4-3-9-26(27)31(29)37)36(20-21-12-13-22-7-1-2-8-23(22)19-21)24-14-16-25(17-15-24)41(39,40)35-28-11-5-6-18-34-28/h1-19H,20H2,(H,34,35). The van der Waals surface area contributed by atoms with Crippen molar-refractivity contribution >= 4 is 55.5 Å². The second-order valence-electron chi connectivity index (χ2n) is 9.45. The minimum atomic E-state index is -3.92. The SMILES string of the molecule is O=C1C(Cl)=C(N(Cc2ccc3ccccc3c2)c2ccc(S(=O)(=O)Nc3ccccn3)cc2)C(=O)c2ccccc21. The van der Waals surface area contributed by atoms with E-state index in [1.807, 2.05) is 42.5 Å². The minimum absolute atomic E-state index is 0.00836. The molecule has 9 heteroatoms. The third kappa shape index (κ3) is 5.11. The lowest BCUT2D eigenvalue weighted by Gasteiger charge is -2.30. The molecule has 1 aliphatic carbocycles. The van der Waals surface area contributed by atoms with Gasteiger partial charge >= 0.3 is 0 Å². The molecule has 0 amide bonds. The molecule has 0 atom stereocenters. The maximum Gasteiger partial charge on any atom is 0.263 e. The Labute approximate surface area is 241 Å². The predicted octanol–water partition coefficient (Wildman–Crippen LogP) is 6.57. The van der Waals surface area contributed by atoms with Crippen LogP contribution in [0.2, 0.25) is 0 Å². The van der Waals surface area contributed by atoms with Crippen molar-refractivity contribution in [2.24, 2.45) is 0 Å². The largest absolute Gasteiger partial charge is 0.332 e. The fourth-order valence-electron chi connectivity index (χ4n) is 4.82. The van der Waals surface area contributed by atoms with E-state index in [-0.39, 0.29) is 44.9 Å².